The van der Waals surface area contributed by atoms with Crippen molar-refractivity contribution in [1.29, 1.82) is 0 Å². The highest BCUT2D eigenvalue weighted by atomic mass is 16.6. The van der Waals surface area contributed by atoms with Crippen molar-refractivity contribution in [2.45, 2.75) is 62.3 Å². The van der Waals surface area contributed by atoms with E-state index >= 15 is 0 Å². The fraction of sp³-hybridized carbons (Fsp3) is 0.500. The minimum Gasteiger partial charge on any atom is -0.385 e. The van der Waals surface area contributed by atoms with Crippen LogP contribution in [-0.4, -0.2) is 59.6 Å². The van der Waals surface area contributed by atoms with Crippen LogP contribution in [-0.2, 0) is 19.8 Å². The predicted molar refractivity (Wildman–Crippen MR) is 137 cm³/mol. The number of aliphatic hydroxyl groups is 1. The molecule has 3 atom stereocenters. The standard InChI is InChI=1S/C28H35N3O5/c1-19-14-29-24(30-19)25(32)31-23-10-9-21(13-22(23)20-7-5-4-6-8-20)28(33)15-26(17-34-2)11-12-27(16-28,36-26)18-35-3/h7,9-14,33H,4-6,8,15-18H2,1-3H3,(H,29,30)(H,31,32)/t26-,27+,28?. The van der Waals surface area contributed by atoms with Gasteiger partial charge in [0, 0.05) is 50.2 Å². The summed E-state index contributed by atoms with van der Waals surface area (Å²) in [7, 11) is 3.28. The van der Waals surface area contributed by atoms with Gasteiger partial charge in [-0.25, -0.2) is 4.98 Å². The molecule has 2 bridgehead atoms. The second-order valence-corrected chi connectivity index (χ2v) is 10.4. The number of nitrogens with one attached hydrogen (secondary N) is 2. The van der Waals surface area contributed by atoms with Crippen LogP contribution >= 0.6 is 0 Å². The normalized spacial score (nSPS) is 29.3. The molecule has 0 spiro atoms. The topological polar surface area (TPSA) is 106 Å². The number of rotatable bonds is 8. The van der Waals surface area contributed by atoms with Crippen LogP contribution in [0.15, 0.2) is 42.6 Å². The molecule has 1 aliphatic carbocycles. The molecular formula is C28H35N3O5. The number of H-pyrrole nitrogens is 1. The van der Waals surface area contributed by atoms with Gasteiger partial charge >= 0.3 is 0 Å². The molecule has 2 aromatic rings. The van der Waals surface area contributed by atoms with Crippen LogP contribution in [0.5, 0.6) is 0 Å². The smallest absolute Gasteiger partial charge is 0.291 e. The lowest BCUT2D eigenvalue weighted by Gasteiger charge is -2.48. The third-order valence-corrected chi connectivity index (χ3v) is 7.42. The van der Waals surface area contributed by atoms with Crippen LogP contribution in [0.4, 0.5) is 5.69 Å². The Kier molecular flexibility index (Phi) is 6.63. The van der Waals surface area contributed by atoms with Gasteiger partial charge in [-0.1, -0.05) is 24.3 Å². The highest BCUT2D eigenvalue weighted by Crippen LogP contribution is 2.52. The molecule has 3 heterocycles. The summed E-state index contributed by atoms with van der Waals surface area (Å²) in [5.41, 5.74) is 1.83. The molecule has 0 saturated carbocycles. The van der Waals surface area contributed by atoms with E-state index in [1.165, 1.54) is 5.57 Å². The molecular weight excluding hydrogens is 458 g/mol. The third-order valence-electron chi connectivity index (χ3n) is 7.42. The van der Waals surface area contributed by atoms with Crippen molar-refractivity contribution in [2.24, 2.45) is 0 Å². The summed E-state index contributed by atoms with van der Waals surface area (Å²) in [4.78, 5) is 20.1. The molecule has 3 N–H and O–H groups in total. The average molecular weight is 494 g/mol. The molecule has 36 heavy (non-hydrogen) atoms. The Labute approximate surface area is 211 Å². The first kappa shape index (κ1) is 24.9. The Morgan fingerprint density at radius 1 is 1.17 bits per heavy atom. The van der Waals surface area contributed by atoms with E-state index in [4.69, 9.17) is 14.2 Å². The molecule has 1 aromatic heterocycles. The van der Waals surface area contributed by atoms with E-state index < -0.39 is 16.8 Å². The van der Waals surface area contributed by atoms with Crippen molar-refractivity contribution in [3.05, 3.63) is 65.3 Å². The summed E-state index contributed by atoms with van der Waals surface area (Å²) in [6.45, 7) is 2.54. The molecule has 0 radical (unpaired) electrons. The van der Waals surface area contributed by atoms with Crippen molar-refractivity contribution in [1.82, 2.24) is 9.97 Å². The lowest BCUT2D eigenvalue weighted by atomic mass is 9.74. The maximum atomic E-state index is 12.9. The van der Waals surface area contributed by atoms with Gasteiger partial charge in [0.2, 0.25) is 0 Å². The number of aryl methyl sites for hydroxylation is 1. The number of aromatic nitrogens is 2. The van der Waals surface area contributed by atoms with Crippen LogP contribution in [0.25, 0.3) is 5.57 Å². The van der Waals surface area contributed by atoms with E-state index in [0.717, 1.165) is 42.5 Å². The Balaban J connectivity index is 1.52. The number of aromatic amines is 1. The zero-order valence-corrected chi connectivity index (χ0v) is 21.2. The quantitative estimate of drug-likeness (QED) is 0.475. The van der Waals surface area contributed by atoms with Crippen LogP contribution in [0, 0.1) is 6.92 Å². The largest absolute Gasteiger partial charge is 0.385 e. The molecule has 1 fully saturated rings. The van der Waals surface area contributed by atoms with E-state index in [2.05, 4.69) is 21.4 Å². The second-order valence-electron chi connectivity index (χ2n) is 10.4. The molecule has 2 aliphatic heterocycles. The number of amides is 1. The lowest BCUT2D eigenvalue weighted by molar-refractivity contribution is -0.225. The second kappa shape index (κ2) is 9.59. The van der Waals surface area contributed by atoms with Gasteiger partial charge in [-0.2, -0.15) is 0 Å². The molecule has 8 nitrogen and oxygen atoms in total. The fourth-order valence-electron chi connectivity index (χ4n) is 5.97. The number of methoxy groups -OCH3 is 2. The van der Waals surface area contributed by atoms with Gasteiger partial charge in [0.05, 0.1) is 18.8 Å². The molecule has 192 valence electrons. The molecule has 1 aromatic carbocycles. The third kappa shape index (κ3) is 4.66. The number of hydrogen-bond donors (Lipinski definition) is 3. The van der Waals surface area contributed by atoms with Crippen molar-refractivity contribution < 1.29 is 24.1 Å². The number of anilines is 1. The summed E-state index contributed by atoms with van der Waals surface area (Å²) in [5, 5.41) is 15.2. The summed E-state index contributed by atoms with van der Waals surface area (Å²) in [6.07, 6.45) is 12.8. The Hall–Kier alpha value is -2.78. The Morgan fingerprint density at radius 2 is 1.89 bits per heavy atom. The van der Waals surface area contributed by atoms with Crippen molar-refractivity contribution in [2.75, 3.05) is 32.8 Å². The molecule has 3 aliphatic rings. The summed E-state index contributed by atoms with van der Waals surface area (Å²) < 4.78 is 17.4. The summed E-state index contributed by atoms with van der Waals surface area (Å²) >= 11 is 0. The summed E-state index contributed by atoms with van der Waals surface area (Å²) in [5.74, 6) is -0.0208. The van der Waals surface area contributed by atoms with Gasteiger partial charge in [-0.05, 0) is 55.9 Å². The number of hydrogen-bond acceptors (Lipinski definition) is 6. The minimum absolute atomic E-state index is 0.272. The predicted octanol–water partition coefficient (Wildman–Crippen LogP) is 4.27. The zero-order valence-electron chi connectivity index (χ0n) is 21.2. The van der Waals surface area contributed by atoms with E-state index in [9.17, 15) is 9.90 Å². The van der Waals surface area contributed by atoms with Gasteiger partial charge in [0.15, 0.2) is 5.82 Å². The average Bonchev–Trinajstić information content (AvgIpc) is 3.41. The van der Waals surface area contributed by atoms with Crippen molar-refractivity contribution >= 4 is 17.2 Å². The SMILES string of the molecule is COC[C@@]12C=C[C@@](COC)(CC(O)(c3ccc(NC(=O)c4ncc(C)[nH]4)c(C4=CCCCC4)c3)C1)O2. The molecule has 5 rings (SSSR count). The number of imidazole rings is 1. The van der Waals surface area contributed by atoms with Gasteiger partial charge in [-0.3, -0.25) is 4.79 Å². The molecule has 1 saturated heterocycles. The van der Waals surface area contributed by atoms with Crippen molar-refractivity contribution in [3.8, 4) is 0 Å². The first-order valence-corrected chi connectivity index (χ1v) is 12.6. The fourth-order valence-corrected chi connectivity index (χ4v) is 5.97. The maximum absolute atomic E-state index is 12.9. The highest BCUT2D eigenvalue weighted by molar-refractivity contribution is 6.03. The number of fused-ring (bicyclic) bond motifs is 2. The van der Waals surface area contributed by atoms with Crippen LogP contribution in [0.1, 0.15) is 66.0 Å². The summed E-state index contributed by atoms with van der Waals surface area (Å²) in [6, 6.07) is 5.83. The van der Waals surface area contributed by atoms with E-state index in [1.807, 2.05) is 37.3 Å². The van der Waals surface area contributed by atoms with Crippen LogP contribution in [0.2, 0.25) is 0 Å². The Bertz CT molecular complexity index is 1180. The van der Waals surface area contributed by atoms with E-state index in [1.54, 1.807) is 20.4 Å². The van der Waals surface area contributed by atoms with Crippen LogP contribution in [0.3, 0.4) is 0 Å². The number of ether oxygens (including phenoxy) is 3. The first-order chi connectivity index (χ1) is 17.3. The Morgan fingerprint density at radius 3 is 2.47 bits per heavy atom. The van der Waals surface area contributed by atoms with E-state index in [0.29, 0.717) is 31.7 Å². The van der Waals surface area contributed by atoms with Gasteiger partial charge in [0.25, 0.3) is 5.91 Å². The van der Waals surface area contributed by atoms with Gasteiger partial charge in [-0.15, -0.1) is 0 Å². The van der Waals surface area contributed by atoms with Gasteiger partial charge < -0.3 is 29.6 Å². The lowest BCUT2D eigenvalue weighted by Crippen LogP contribution is -2.55. The van der Waals surface area contributed by atoms with Crippen molar-refractivity contribution in [3.63, 3.8) is 0 Å². The number of benzene rings is 1. The van der Waals surface area contributed by atoms with E-state index in [-0.39, 0.29) is 11.7 Å². The molecule has 1 amide bonds. The highest BCUT2D eigenvalue weighted by Gasteiger charge is 2.57. The molecule has 1 unspecified atom stereocenters. The molecule has 8 heteroatoms. The maximum Gasteiger partial charge on any atom is 0.291 e. The monoisotopic (exact) mass is 493 g/mol. The number of allylic oxidation sites excluding steroid dienone is 2. The van der Waals surface area contributed by atoms with Crippen LogP contribution < -0.4 is 5.32 Å². The number of nitrogens with zero attached hydrogens (tertiary/aromatic N) is 1. The zero-order chi connectivity index (χ0) is 25.4. The first-order valence-electron chi connectivity index (χ1n) is 12.6. The minimum atomic E-state index is -1.16. The van der Waals surface area contributed by atoms with Gasteiger partial charge in [0.1, 0.15) is 11.2 Å². The number of carbonyl (C=O) groups excluding carboxylic acids is 1. The number of carbonyl (C=O) groups is 1.